The average molecular weight is 472 g/mol. The molecule has 0 aliphatic carbocycles. The van der Waals surface area contributed by atoms with Crippen LogP contribution in [0.25, 0.3) is 0 Å². The number of aromatic nitrogens is 1. The van der Waals surface area contributed by atoms with Gasteiger partial charge in [-0.15, -0.1) is 0 Å². The normalized spacial score (nSPS) is 18.3. The van der Waals surface area contributed by atoms with E-state index in [1.807, 2.05) is 11.5 Å². The number of carbonyl (C=O) groups excluding carboxylic acids is 3. The van der Waals surface area contributed by atoms with Crippen molar-refractivity contribution in [2.24, 2.45) is 0 Å². The maximum absolute atomic E-state index is 13.5. The van der Waals surface area contributed by atoms with E-state index < -0.39 is 0 Å². The van der Waals surface area contributed by atoms with Crippen LogP contribution in [-0.2, 0) is 27.4 Å². The summed E-state index contributed by atoms with van der Waals surface area (Å²) in [6.07, 6.45) is 1.71. The molecule has 2 aliphatic heterocycles. The van der Waals surface area contributed by atoms with Crippen LogP contribution in [0.5, 0.6) is 0 Å². The summed E-state index contributed by atoms with van der Waals surface area (Å²) in [5.41, 5.74) is 2.25. The van der Waals surface area contributed by atoms with Crippen LogP contribution in [0, 0.1) is 5.82 Å². The van der Waals surface area contributed by atoms with E-state index in [1.165, 1.54) is 12.1 Å². The topological polar surface area (TPSA) is 89.9 Å². The van der Waals surface area contributed by atoms with Crippen LogP contribution < -0.4 is 5.32 Å². The molecule has 3 heterocycles. The van der Waals surface area contributed by atoms with Crippen LogP contribution in [0.4, 0.5) is 4.39 Å². The zero-order valence-electron chi connectivity index (χ0n) is 19.5. The summed E-state index contributed by atoms with van der Waals surface area (Å²) in [4.78, 5) is 40.4. The molecule has 1 aromatic carbocycles. The molecule has 2 aliphatic rings. The number of nitrogens with one attached hydrogen (secondary N) is 1. The Labute approximate surface area is 198 Å². The summed E-state index contributed by atoms with van der Waals surface area (Å²) >= 11 is 0. The van der Waals surface area contributed by atoms with E-state index in [0.29, 0.717) is 43.3 Å². The Kier molecular flexibility index (Phi) is 7.31. The number of ether oxygens (including phenoxy) is 2. The smallest absolute Gasteiger partial charge is 0.307 e. The summed E-state index contributed by atoms with van der Waals surface area (Å²) < 4.78 is 25.7. The lowest BCUT2D eigenvalue weighted by Crippen LogP contribution is -2.37. The molecule has 4 rings (SSSR count). The van der Waals surface area contributed by atoms with Crippen molar-refractivity contribution in [1.29, 1.82) is 0 Å². The number of nitrogens with zero attached hydrogens (tertiary/aromatic N) is 2. The Bertz CT molecular complexity index is 1070. The summed E-state index contributed by atoms with van der Waals surface area (Å²) in [6, 6.07) is 7.04. The fraction of sp³-hybridized carbons (Fsp3) is 0.480. The molecule has 2 aromatic rings. The Balaban J connectivity index is 1.55. The van der Waals surface area contributed by atoms with E-state index in [1.54, 1.807) is 30.0 Å². The number of esters is 1. The Morgan fingerprint density at radius 1 is 1.24 bits per heavy atom. The number of carbonyl (C=O) groups is 3. The minimum Gasteiger partial charge on any atom is -0.466 e. The van der Waals surface area contributed by atoms with Gasteiger partial charge in [0.05, 0.1) is 43.5 Å². The Morgan fingerprint density at radius 2 is 2.00 bits per heavy atom. The number of rotatable bonds is 7. The van der Waals surface area contributed by atoms with Gasteiger partial charge in [-0.1, -0.05) is 12.1 Å². The number of likely N-dealkylation sites (tertiary alicyclic amines) is 1. The molecule has 9 heteroatoms. The van der Waals surface area contributed by atoms with Crippen molar-refractivity contribution in [3.8, 4) is 0 Å². The molecular formula is C25H30FN3O5. The molecular weight excluding hydrogens is 441 g/mol. The summed E-state index contributed by atoms with van der Waals surface area (Å²) in [5, 5.41) is 2.94. The lowest BCUT2D eigenvalue weighted by Gasteiger charge is -2.25. The monoisotopic (exact) mass is 471 g/mol. The highest BCUT2D eigenvalue weighted by atomic mass is 19.1. The zero-order valence-corrected chi connectivity index (χ0v) is 19.5. The molecule has 8 nitrogen and oxygen atoms in total. The Hall–Kier alpha value is -3.20. The third kappa shape index (κ3) is 4.99. The van der Waals surface area contributed by atoms with Gasteiger partial charge in [-0.05, 0) is 50.5 Å². The molecule has 1 unspecified atom stereocenters. The van der Waals surface area contributed by atoms with Crippen molar-refractivity contribution < 1.29 is 28.2 Å². The quantitative estimate of drug-likeness (QED) is 0.627. The number of benzene rings is 1. The van der Waals surface area contributed by atoms with Crippen molar-refractivity contribution >= 4 is 17.8 Å². The molecule has 1 aromatic heterocycles. The minimum atomic E-state index is -0.342. The van der Waals surface area contributed by atoms with Gasteiger partial charge >= 0.3 is 5.97 Å². The molecule has 1 fully saturated rings. The minimum absolute atomic E-state index is 0.161. The van der Waals surface area contributed by atoms with Crippen molar-refractivity contribution in [2.75, 3.05) is 19.8 Å². The van der Waals surface area contributed by atoms with Crippen LogP contribution in [0.3, 0.4) is 0 Å². The predicted octanol–water partition coefficient (Wildman–Crippen LogP) is 3.21. The first-order valence-corrected chi connectivity index (χ1v) is 11.7. The van der Waals surface area contributed by atoms with Crippen LogP contribution >= 0.6 is 0 Å². The van der Waals surface area contributed by atoms with Gasteiger partial charge in [-0.25, -0.2) is 4.39 Å². The largest absolute Gasteiger partial charge is 0.466 e. The second kappa shape index (κ2) is 10.4. The maximum atomic E-state index is 13.5. The van der Waals surface area contributed by atoms with Crippen LogP contribution in [0.2, 0.25) is 0 Å². The molecule has 0 radical (unpaired) electrons. The van der Waals surface area contributed by atoms with Crippen LogP contribution in [0.1, 0.15) is 71.3 Å². The number of hydrogen-bond donors (Lipinski definition) is 1. The van der Waals surface area contributed by atoms with E-state index >= 15 is 0 Å². The third-order valence-corrected chi connectivity index (χ3v) is 6.43. The summed E-state index contributed by atoms with van der Waals surface area (Å²) in [5.74, 6) is -1.17. The van der Waals surface area contributed by atoms with E-state index in [-0.39, 0.29) is 48.7 Å². The van der Waals surface area contributed by atoms with Crippen molar-refractivity contribution in [3.05, 3.63) is 58.7 Å². The van der Waals surface area contributed by atoms with Crippen molar-refractivity contribution in [3.63, 3.8) is 0 Å². The highest BCUT2D eigenvalue weighted by molar-refractivity contribution is 6.01. The molecule has 1 N–H and O–H groups in total. The second-order valence-electron chi connectivity index (χ2n) is 8.64. The fourth-order valence-electron chi connectivity index (χ4n) is 4.69. The van der Waals surface area contributed by atoms with Crippen molar-refractivity contribution in [1.82, 2.24) is 14.8 Å². The molecule has 34 heavy (non-hydrogen) atoms. The average Bonchev–Trinajstić information content (AvgIpc) is 3.44. The molecule has 0 saturated carbocycles. The van der Waals surface area contributed by atoms with E-state index in [0.717, 1.165) is 18.4 Å². The zero-order chi connectivity index (χ0) is 24.2. The first kappa shape index (κ1) is 23.9. The number of fused-ring (bicyclic) bond motifs is 1. The van der Waals surface area contributed by atoms with Crippen LogP contribution in [0.15, 0.2) is 30.3 Å². The lowest BCUT2D eigenvalue weighted by molar-refractivity contribution is -0.144. The SMILES string of the molecule is CCOC(=O)CC1CCCN1C(=O)c1cc(C(=O)N[C@H](C)c2ccc(F)cc2)n2c1COCC2. The van der Waals surface area contributed by atoms with E-state index in [4.69, 9.17) is 9.47 Å². The number of amides is 2. The van der Waals surface area contributed by atoms with Gasteiger partial charge in [0.25, 0.3) is 11.8 Å². The van der Waals surface area contributed by atoms with Crippen molar-refractivity contribution in [2.45, 2.75) is 58.3 Å². The molecule has 182 valence electrons. The fourth-order valence-corrected chi connectivity index (χ4v) is 4.69. The van der Waals surface area contributed by atoms with Gasteiger partial charge in [0, 0.05) is 19.1 Å². The summed E-state index contributed by atoms with van der Waals surface area (Å²) in [7, 11) is 0. The van der Waals surface area contributed by atoms with Gasteiger partial charge in [-0.3, -0.25) is 14.4 Å². The van der Waals surface area contributed by atoms with Gasteiger partial charge in [-0.2, -0.15) is 0 Å². The molecule has 2 atom stereocenters. The molecule has 0 spiro atoms. The molecule has 1 saturated heterocycles. The Morgan fingerprint density at radius 3 is 2.74 bits per heavy atom. The van der Waals surface area contributed by atoms with Gasteiger partial charge in [0.15, 0.2) is 0 Å². The predicted molar refractivity (Wildman–Crippen MR) is 122 cm³/mol. The van der Waals surface area contributed by atoms with E-state index in [2.05, 4.69) is 5.32 Å². The van der Waals surface area contributed by atoms with Gasteiger partial charge in [0.1, 0.15) is 11.5 Å². The molecule has 2 amide bonds. The third-order valence-electron chi connectivity index (χ3n) is 6.43. The standard InChI is InChI=1S/C25H30FN3O5/c1-3-34-23(30)13-19-5-4-10-28(19)25(32)20-14-21(29-11-12-33-15-22(20)29)24(31)27-16(2)17-6-8-18(26)9-7-17/h6-9,14,16,19H,3-5,10-13,15H2,1-2H3,(H,27,31)/t16-,19?/m1/s1. The lowest BCUT2D eigenvalue weighted by atomic mass is 10.1. The van der Waals surface area contributed by atoms with Gasteiger partial charge < -0.3 is 24.3 Å². The summed E-state index contributed by atoms with van der Waals surface area (Å²) in [6.45, 7) is 5.58. The highest BCUT2D eigenvalue weighted by Crippen LogP contribution is 2.28. The van der Waals surface area contributed by atoms with Crippen LogP contribution in [-0.4, -0.2) is 53.1 Å². The maximum Gasteiger partial charge on any atom is 0.307 e. The number of hydrogen-bond acceptors (Lipinski definition) is 5. The first-order chi connectivity index (χ1) is 16.4. The highest BCUT2D eigenvalue weighted by Gasteiger charge is 2.35. The molecule has 0 bridgehead atoms. The number of halogens is 1. The van der Waals surface area contributed by atoms with E-state index in [9.17, 15) is 18.8 Å². The second-order valence-corrected chi connectivity index (χ2v) is 8.64. The van der Waals surface area contributed by atoms with Gasteiger partial charge in [0.2, 0.25) is 0 Å². The first-order valence-electron chi connectivity index (χ1n) is 11.7.